The molecule has 0 heterocycles. The number of hydrogen-bond acceptors (Lipinski definition) is 2. The van der Waals surface area contributed by atoms with Crippen LogP contribution in [-0.4, -0.2) is 0 Å². The van der Waals surface area contributed by atoms with Gasteiger partial charge in [0.15, 0.2) is 0 Å². The van der Waals surface area contributed by atoms with Gasteiger partial charge in [-0.25, -0.2) is 4.39 Å². The van der Waals surface area contributed by atoms with E-state index in [-0.39, 0.29) is 11.9 Å². The van der Waals surface area contributed by atoms with Gasteiger partial charge in [0.05, 0.1) is 6.04 Å². The summed E-state index contributed by atoms with van der Waals surface area (Å²) in [6.45, 7) is 2.26. The molecule has 1 aliphatic carbocycles. The van der Waals surface area contributed by atoms with Gasteiger partial charge in [-0.3, -0.25) is 11.3 Å². The van der Waals surface area contributed by atoms with E-state index in [1.54, 1.807) is 12.1 Å². The second-order valence-electron chi connectivity index (χ2n) is 5.33. The van der Waals surface area contributed by atoms with Gasteiger partial charge in [-0.15, -0.1) is 0 Å². The van der Waals surface area contributed by atoms with E-state index >= 15 is 0 Å². The fourth-order valence-electron chi connectivity index (χ4n) is 2.85. The maximum absolute atomic E-state index is 13.9. The van der Waals surface area contributed by atoms with E-state index in [9.17, 15) is 4.39 Å². The maximum atomic E-state index is 13.9. The van der Waals surface area contributed by atoms with Gasteiger partial charge in [0.2, 0.25) is 0 Å². The Morgan fingerprint density at radius 3 is 2.61 bits per heavy atom. The van der Waals surface area contributed by atoms with Crippen molar-refractivity contribution in [2.75, 3.05) is 0 Å². The van der Waals surface area contributed by atoms with E-state index in [4.69, 9.17) is 17.4 Å². The summed E-state index contributed by atoms with van der Waals surface area (Å²) in [5, 5.41) is 0.552. The Balaban J connectivity index is 2.19. The summed E-state index contributed by atoms with van der Waals surface area (Å²) in [6, 6.07) is 4.51. The Kier molecular flexibility index (Phi) is 4.60. The molecule has 2 rings (SSSR count). The summed E-state index contributed by atoms with van der Waals surface area (Å²) in [5.41, 5.74) is 3.36. The molecule has 0 saturated heterocycles. The molecule has 0 radical (unpaired) electrons. The predicted octanol–water partition coefficient (Wildman–Crippen LogP) is 3.81. The molecule has 1 atom stereocenters. The largest absolute Gasteiger partial charge is 0.271 e. The van der Waals surface area contributed by atoms with E-state index in [0.29, 0.717) is 16.5 Å². The number of rotatable bonds is 3. The Hall–Kier alpha value is -0.640. The molecule has 1 aromatic carbocycles. The number of benzene rings is 1. The van der Waals surface area contributed by atoms with Crippen molar-refractivity contribution in [3.8, 4) is 0 Å². The van der Waals surface area contributed by atoms with Crippen LogP contribution in [0.3, 0.4) is 0 Å². The zero-order chi connectivity index (χ0) is 13.1. The number of hydrogen-bond donors (Lipinski definition) is 2. The van der Waals surface area contributed by atoms with Crippen molar-refractivity contribution in [1.82, 2.24) is 5.43 Å². The molecular weight excluding hydrogens is 251 g/mol. The van der Waals surface area contributed by atoms with E-state index in [2.05, 4.69) is 12.3 Å². The van der Waals surface area contributed by atoms with Crippen molar-refractivity contribution in [3.63, 3.8) is 0 Å². The molecular formula is C14H20ClFN2. The van der Waals surface area contributed by atoms with Crippen LogP contribution in [0.15, 0.2) is 18.2 Å². The van der Waals surface area contributed by atoms with Gasteiger partial charge in [0, 0.05) is 10.6 Å². The molecule has 1 aliphatic rings. The average Bonchev–Trinajstić information content (AvgIpc) is 2.37. The van der Waals surface area contributed by atoms with Gasteiger partial charge in [0.1, 0.15) is 5.82 Å². The lowest BCUT2D eigenvalue weighted by Crippen LogP contribution is -2.35. The lowest BCUT2D eigenvalue weighted by atomic mass is 9.77. The second-order valence-corrected chi connectivity index (χ2v) is 5.77. The van der Waals surface area contributed by atoms with Gasteiger partial charge < -0.3 is 0 Å². The van der Waals surface area contributed by atoms with Gasteiger partial charge in [-0.2, -0.15) is 0 Å². The van der Waals surface area contributed by atoms with E-state index in [1.807, 2.05) is 0 Å². The molecule has 100 valence electrons. The fourth-order valence-corrected chi connectivity index (χ4v) is 3.03. The van der Waals surface area contributed by atoms with Crippen LogP contribution in [0, 0.1) is 17.7 Å². The first kappa shape index (κ1) is 13.8. The zero-order valence-electron chi connectivity index (χ0n) is 10.6. The van der Waals surface area contributed by atoms with Crippen LogP contribution in [0.2, 0.25) is 5.02 Å². The number of nitrogens with two attached hydrogens (primary N) is 1. The van der Waals surface area contributed by atoms with Crippen molar-refractivity contribution in [2.45, 2.75) is 38.6 Å². The van der Waals surface area contributed by atoms with Gasteiger partial charge in [-0.05, 0) is 42.9 Å². The average molecular weight is 271 g/mol. The smallest absolute Gasteiger partial charge is 0.128 e. The third kappa shape index (κ3) is 3.02. The third-order valence-electron chi connectivity index (χ3n) is 4.00. The molecule has 1 aromatic rings. The Bertz CT molecular complexity index is 403. The minimum absolute atomic E-state index is 0.142. The summed E-state index contributed by atoms with van der Waals surface area (Å²) < 4.78 is 13.9. The first-order chi connectivity index (χ1) is 8.61. The predicted molar refractivity (Wildman–Crippen MR) is 72.6 cm³/mol. The van der Waals surface area contributed by atoms with Gasteiger partial charge >= 0.3 is 0 Å². The van der Waals surface area contributed by atoms with E-state index in [1.165, 1.54) is 18.9 Å². The highest BCUT2D eigenvalue weighted by atomic mass is 35.5. The number of halogens is 2. The van der Waals surface area contributed by atoms with Crippen molar-refractivity contribution in [2.24, 2.45) is 17.7 Å². The summed E-state index contributed by atoms with van der Waals surface area (Å²) in [7, 11) is 0. The monoisotopic (exact) mass is 270 g/mol. The molecule has 4 heteroatoms. The summed E-state index contributed by atoms with van der Waals surface area (Å²) >= 11 is 5.94. The van der Waals surface area contributed by atoms with Crippen molar-refractivity contribution < 1.29 is 4.39 Å². The fraction of sp³-hybridized carbons (Fsp3) is 0.571. The van der Waals surface area contributed by atoms with Crippen LogP contribution >= 0.6 is 11.6 Å². The quantitative estimate of drug-likeness (QED) is 0.647. The molecule has 1 saturated carbocycles. The summed E-state index contributed by atoms with van der Waals surface area (Å²) in [5.74, 6) is 6.55. The normalized spacial score (nSPS) is 26.0. The lowest BCUT2D eigenvalue weighted by molar-refractivity contribution is 0.229. The molecule has 0 bridgehead atoms. The first-order valence-corrected chi connectivity index (χ1v) is 6.90. The highest BCUT2D eigenvalue weighted by Crippen LogP contribution is 2.37. The minimum atomic E-state index is -0.235. The summed E-state index contributed by atoms with van der Waals surface area (Å²) in [4.78, 5) is 0. The topological polar surface area (TPSA) is 38.0 Å². The second kappa shape index (κ2) is 6.00. The molecule has 3 N–H and O–H groups in total. The van der Waals surface area contributed by atoms with Crippen molar-refractivity contribution in [3.05, 3.63) is 34.6 Å². The van der Waals surface area contributed by atoms with Crippen molar-refractivity contribution >= 4 is 11.6 Å². The first-order valence-electron chi connectivity index (χ1n) is 6.53. The van der Waals surface area contributed by atoms with Gasteiger partial charge in [-0.1, -0.05) is 31.4 Å². The Labute approximate surface area is 113 Å². The van der Waals surface area contributed by atoms with Crippen molar-refractivity contribution in [1.29, 1.82) is 0 Å². The van der Waals surface area contributed by atoms with Crippen LogP contribution < -0.4 is 11.3 Å². The Morgan fingerprint density at radius 2 is 2.00 bits per heavy atom. The molecule has 0 spiro atoms. The van der Waals surface area contributed by atoms with Crippen LogP contribution in [0.1, 0.15) is 44.2 Å². The third-order valence-corrected chi connectivity index (χ3v) is 4.24. The highest BCUT2D eigenvalue weighted by molar-refractivity contribution is 6.30. The SMILES string of the molecule is CC1CCC(C(NN)c2cc(Cl)ccc2F)CC1. The van der Waals surface area contributed by atoms with E-state index < -0.39 is 0 Å². The van der Waals surface area contributed by atoms with Gasteiger partial charge in [0.25, 0.3) is 0 Å². The molecule has 1 unspecified atom stereocenters. The standard InChI is InChI=1S/C14H20ClFN2/c1-9-2-4-10(5-3-9)14(18-17)12-8-11(15)6-7-13(12)16/h6-10,14,18H,2-5,17H2,1H3. The number of hydrazine groups is 1. The lowest BCUT2D eigenvalue weighted by Gasteiger charge is -2.32. The number of nitrogens with one attached hydrogen (secondary N) is 1. The Morgan fingerprint density at radius 1 is 1.33 bits per heavy atom. The zero-order valence-corrected chi connectivity index (χ0v) is 11.4. The van der Waals surface area contributed by atoms with E-state index in [0.717, 1.165) is 18.8 Å². The molecule has 1 fully saturated rings. The molecule has 0 aromatic heterocycles. The molecule has 0 amide bonds. The molecule has 18 heavy (non-hydrogen) atoms. The minimum Gasteiger partial charge on any atom is -0.271 e. The van der Waals surface area contributed by atoms with Crippen LogP contribution in [-0.2, 0) is 0 Å². The van der Waals surface area contributed by atoms with Crippen LogP contribution in [0.4, 0.5) is 4.39 Å². The maximum Gasteiger partial charge on any atom is 0.128 e. The van der Waals surface area contributed by atoms with Crippen LogP contribution in [0.5, 0.6) is 0 Å². The molecule has 2 nitrogen and oxygen atoms in total. The van der Waals surface area contributed by atoms with Crippen LogP contribution in [0.25, 0.3) is 0 Å². The summed E-state index contributed by atoms with van der Waals surface area (Å²) in [6.07, 6.45) is 4.54. The molecule has 0 aliphatic heterocycles. The highest BCUT2D eigenvalue weighted by Gasteiger charge is 2.28.